The Hall–Kier alpha value is -1.13. The van der Waals surface area contributed by atoms with Crippen molar-refractivity contribution < 1.29 is 28.3 Å². The number of hydrogen-bond acceptors (Lipinski definition) is 8. The summed E-state index contributed by atoms with van der Waals surface area (Å²) in [5.74, 6) is 0.0913. The smallest absolute Gasteiger partial charge is 0.257 e. The molecule has 3 amide bonds. The van der Waals surface area contributed by atoms with Crippen LogP contribution in [0.4, 0.5) is 0 Å². The molecule has 0 bridgehead atoms. The fraction of sp³-hybridized carbons (Fsp3) is 0.875. The Bertz CT molecular complexity index is 852. The van der Waals surface area contributed by atoms with Crippen molar-refractivity contribution in [3.8, 4) is 0 Å². The molecule has 36 heavy (non-hydrogen) atoms. The van der Waals surface area contributed by atoms with Crippen LogP contribution in [0.3, 0.4) is 0 Å². The molecule has 3 rings (SSSR count). The number of piperazine rings is 1. The van der Waals surface area contributed by atoms with E-state index in [2.05, 4.69) is 11.9 Å². The fourth-order valence-corrected chi connectivity index (χ4v) is 7.06. The number of nitrogens with zero attached hydrogens (tertiary/aromatic N) is 4. The third-order valence-electron chi connectivity index (χ3n) is 7.11. The maximum atomic E-state index is 13.8. The highest BCUT2D eigenvalue weighted by Crippen LogP contribution is 2.43. The zero-order chi connectivity index (χ0) is 26.6. The van der Waals surface area contributed by atoms with Crippen LogP contribution in [0.25, 0.3) is 0 Å². The zero-order valence-corrected chi connectivity index (χ0v) is 24.3. The second-order valence-corrected chi connectivity index (χ2v) is 14.2. The van der Waals surface area contributed by atoms with Crippen molar-refractivity contribution in [3.05, 3.63) is 0 Å². The molecule has 10 nitrogen and oxygen atoms in total. The highest BCUT2D eigenvalue weighted by atomic mass is 32.2. The van der Waals surface area contributed by atoms with Gasteiger partial charge in [-0.05, 0) is 70.7 Å². The number of carbonyl (C=O) groups is 3. The molecule has 0 spiro atoms. The lowest BCUT2D eigenvalue weighted by atomic mass is 9.96. The molecule has 3 heterocycles. The van der Waals surface area contributed by atoms with Crippen molar-refractivity contribution in [2.45, 2.75) is 70.8 Å². The van der Waals surface area contributed by atoms with Crippen LogP contribution in [0, 0.1) is 5.92 Å². The van der Waals surface area contributed by atoms with Crippen molar-refractivity contribution in [1.82, 2.24) is 19.8 Å². The highest BCUT2D eigenvalue weighted by Gasteiger charge is 2.54. The lowest BCUT2D eigenvalue weighted by Crippen LogP contribution is -2.74. The van der Waals surface area contributed by atoms with Crippen LogP contribution in [0.5, 0.6) is 0 Å². The molecule has 0 N–H and O–H groups in total. The Balaban J connectivity index is 1.97. The largest absolute Gasteiger partial charge is 0.334 e. The third-order valence-corrected chi connectivity index (χ3v) is 9.40. The summed E-state index contributed by atoms with van der Waals surface area (Å²) in [5, 5.41) is 1.24. The van der Waals surface area contributed by atoms with E-state index in [1.165, 1.54) is 11.7 Å². The van der Waals surface area contributed by atoms with Crippen LogP contribution < -0.4 is 0 Å². The minimum Gasteiger partial charge on any atom is -0.334 e. The lowest BCUT2D eigenvalue weighted by molar-refractivity contribution is -0.276. The normalized spacial score (nSPS) is 28.0. The number of likely N-dealkylation sites (tertiary alicyclic amines) is 1. The van der Waals surface area contributed by atoms with E-state index in [4.69, 9.17) is 9.36 Å². The van der Waals surface area contributed by atoms with Crippen molar-refractivity contribution in [2.75, 3.05) is 58.1 Å². The van der Waals surface area contributed by atoms with Gasteiger partial charge in [-0.3, -0.25) is 23.8 Å². The first-order chi connectivity index (χ1) is 17.0. The van der Waals surface area contributed by atoms with Gasteiger partial charge in [-0.15, -0.1) is 0 Å². The van der Waals surface area contributed by atoms with E-state index in [1.54, 1.807) is 23.6 Å². The summed E-state index contributed by atoms with van der Waals surface area (Å²) >= 11 is 1.63. The first-order valence-electron chi connectivity index (χ1n) is 13.0. The summed E-state index contributed by atoms with van der Waals surface area (Å²) in [6.07, 6.45) is 2.66. The quantitative estimate of drug-likeness (QED) is 0.385. The van der Waals surface area contributed by atoms with Crippen LogP contribution in [-0.2, 0) is 28.3 Å². The van der Waals surface area contributed by atoms with Gasteiger partial charge in [0.2, 0.25) is 13.3 Å². The van der Waals surface area contributed by atoms with Crippen LogP contribution in [-0.4, -0.2) is 120 Å². The summed E-state index contributed by atoms with van der Waals surface area (Å²) in [6.45, 7) is 9.36. The topological polar surface area (TPSA) is 99.7 Å². The minimum absolute atomic E-state index is 0.0451. The first-order valence-corrected chi connectivity index (χ1v) is 16.6. The van der Waals surface area contributed by atoms with Gasteiger partial charge in [-0.2, -0.15) is 16.8 Å². The average molecular weight is 547 g/mol. The van der Waals surface area contributed by atoms with Crippen LogP contribution >= 0.6 is 19.1 Å². The molecule has 0 aromatic heterocycles. The number of hydroxylamine groups is 2. The van der Waals surface area contributed by atoms with Crippen LogP contribution in [0.2, 0.25) is 0 Å². The molecule has 4 atom stereocenters. The lowest BCUT2D eigenvalue weighted by Gasteiger charge is -2.55. The van der Waals surface area contributed by atoms with Crippen molar-refractivity contribution in [1.29, 1.82) is 0 Å². The summed E-state index contributed by atoms with van der Waals surface area (Å²) in [7, 11) is -1.11. The monoisotopic (exact) mass is 546 g/mol. The number of rotatable bonds is 10. The van der Waals surface area contributed by atoms with Gasteiger partial charge in [-0.1, -0.05) is 13.8 Å². The number of thioether (sulfide) groups is 1. The molecule has 3 aliphatic rings. The van der Waals surface area contributed by atoms with Gasteiger partial charge in [0.25, 0.3) is 11.8 Å². The van der Waals surface area contributed by atoms with E-state index in [-0.39, 0.29) is 43.1 Å². The molecule has 3 fully saturated rings. The molecule has 0 aliphatic carbocycles. The Kier molecular flexibility index (Phi) is 10.3. The van der Waals surface area contributed by atoms with Gasteiger partial charge in [0.15, 0.2) is 12.3 Å². The van der Waals surface area contributed by atoms with E-state index in [0.717, 1.165) is 25.9 Å². The predicted octanol–water partition coefficient (Wildman–Crippen LogP) is 2.33. The summed E-state index contributed by atoms with van der Waals surface area (Å²) in [5.41, 5.74) is 0. The Morgan fingerprint density at radius 3 is 2.47 bits per heavy atom. The van der Waals surface area contributed by atoms with Crippen molar-refractivity contribution >= 4 is 36.9 Å². The second kappa shape index (κ2) is 12.6. The average Bonchev–Trinajstić information content (AvgIpc) is 2.80. The van der Waals surface area contributed by atoms with E-state index in [1.807, 2.05) is 25.0 Å². The Morgan fingerprint density at radius 2 is 1.89 bits per heavy atom. The molecule has 0 saturated carbocycles. The van der Waals surface area contributed by atoms with E-state index in [0.29, 0.717) is 18.6 Å². The molecule has 0 aromatic rings. The van der Waals surface area contributed by atoms with E-state index < -0.39 is 31.6 Å². The maximum Gasteiger partial charge on any atom is 0.257 e. The van der Waals surface area contributed by atoms with Gasteiger partial charge in [-0.25, -0.2) is 0 Å². The summed E-state index contributed by atoms with van der Waals surface area (Å²) in [4.78, 5) is 52.8. The number of piperidine rings is 1. The molecular formula is C24H43N4O6PS. The SMILES string of the molecule is CCOP(C)(=O)CC(=O)N1O[C@H](CC(C)C)C(=O)N2[C@@H]1CN(C1CCN(C)CC1)C(=O)[C@@H]2CCSC. The minimum atomic E-state index is -3.18. The number of fused-ring (bicyclic) bond motifs is 1. The van der Waals surface area contributed by atoms with Crippen LogP contribution in [0.1, 0.15) is 46.5 Å². The van der Waals surface area contributed by atoms with E-state index in [9.17, 15) is 18.9 Å². The molecule has 3 saturated heterocycles. The molecule has 1 unspecified atom stereocenters. The number of hydrogen-bond donors (Lipinski definition) is 0. The zero-order valence-electron chi connectivity index (χ0n) is 22.6. The van der Waals surface area contributed by atoms with Gasteiger partial charge in [0.1, 0.15) is 12.2 Å². The Labute approximate surface area is 219 Å². The van der Waals surface area contributed by atoms with Crippen molar-refractivity contribution in [2.24, 2.45) is 5.92 Å². The maximum absolute atomic E-state index is 13.8. The first kappa shape index (κ1) is 29.4. The highest BCUT2D eigenvalue weighted by molar-refractivity contribution is 7.98. The number of amides is 3. The standard InChI is InChI=1S/C24H43N4O6PS/c1-7-33-35(5,32)16-22(29)28-21-15-26(18-8-11-25(4)12-9-18)23(30)19(10-13-36-6)27(21)24(31)20(34-28)14-17(2)3/h17-21H,7-16H2,1-6H3/t19-,20+,21-,35?/m0/s1. The molecular weight excluding hydrogens is 503 g/mol. The van der Waals surface area contributed by atoms with Crippen LogP contribution in [0.15, 0.2) is 0 Å². The van der Waals surface area contributed by atoms with Gasteiger partial charge in [0, 0.05) is 12.7 Å². The molecule has 206 valence electrons. The predicted molar refractivity (Wildman–Crippen MR) is 141 cm³/mol. The molecule has 12 heteroatoms. The third kappa shape index (κ3) is 6.84. The van der Waals surface area contributed by atoms with E-state index >= 15 is 0 Å². The van der Waals surface area contributed by atoms with Gasteiger partial charge >= 0.3 is 0 Å². The second-order valence-electron chi connectivity index (χ2n) is 10.6. The van der Waals surface area contributed by atoms with Crippen molar-refractivity contribution in [3.63, 3.8) is 0 Å². The summed E-state index contributed by atoms with van der Waals surface area (Å²) < 4.78 is 18.2. The summed E-state index contributed by atoms with van der Waals surface area (Å²) in [6, 6.07) is -0.605. The number of carbonyl (C=O) groups excluding carboxylic acids is 3. The fourth-order valence-electron chi connectivity index (χ4n) is 5.34. The molecule has 3 aliphatic heterocycles. The molecule has 0 radical (unpaired) electrons. The van der Waals surface area contributed by atoms with Gasteiger partial charge < -0.3 is 19.2 Å². The molecule has 0 aromatic carbocycles. The Morgan fingerprint density at radius 1 is 1.22 bits per heavy atom. The van der Waals surface area contributed by atoms with Gasteiger partial charge in [0.05, 0.1) is 13.2 Å².